The molecule has 1 atom stereocenters. The van der Waals surface area contributed by atoms with Gasteiger partial charge in [-0.25, -0.2) is 0 Å². The second-order valence-corrected chi connectivity index (χ2v) is 7.71. The number of carbonyl (C=O) groups is 1. The first-order valence-corrected chi connectivity index (χ1v) is 10.3. The highest BCUT2D eigenvalue weighted by Gasteiger charge is 2.47. The molecule has 1 N–H and O–H groups in total. The van der Waals surface area contributed by atoms with Gasteiger partial charge in [0.1, 0.15) is 11.3 Å². The molecule has 1 fully saturated rings. The molecule has 2 aromatic rings. The van der Waals surface area contributed by atoms with E-state index in [9.17, 15) is 4.79 Å². The highest BCUT2D eigenvalue weighted by molar-refractivity contribution is 7.80. The predicted octanol–water partition coefficient (Wildman–Crippen LogP) is 5.41. The van der Waals surface area contributed by atoms with Crippen LogP contribution in [-0.4, -0.2) is 29.5 Å². The van der Waals surface area contributed by atoms with Crippen LogP contribution in [0.4, 0.5) is 5.69 Å². The molecule has 1 saturated carbocycles. The van der Waals surface area contributed by atoms with Crippen molar-refractivity contribution in [3.63, 3.8) is 0 Å². The van der Waals surface area contributed by atoms with Gasteiger partial charge in [-0.2, -0.15) is 0 Å². The summed E-state index contributed by atoms with van der Waals surface area (Å²) < 4.78 is 5.48. The van der Waals surface area contributed by atoms with Crippen LogP contribution < -0.4 is 10.1 Å². The van der Waals surface area contributed by atoms with E-state index in [-0.39, 0.29) is 5.78 Å². The first kappa shape index (κ1) is 20.6. The number of Topliss-reactive ketones (excluding diaryl/α,β-unsaturated/α-hetero) is 1. The smallest absolute Gasteiger partial charge is 0.174 e. The maximum atomic E-state index is 13.2. The summed E-state index contributed by atoms with van der Waals surface area (Å²) in [4.78, 5) is 15.1. The molecule has 28 heavy (non-hydrogen) atoms. The summed E-state index contributed by atoms with van der Waals surface area (Å²) in [7, 11) is 1.87. The number of ketones is 1. The Morgan fingerprint density at radius 1 is 1.21 bits per heavy atom. The van der Waals surface area contributed by atoms with E-state index in [1.165, 1.54) is 0 Å². The number of anilines is 1. The average Bonchev–Trinajstić information content (AvgIpc) is 2.70. The van der Waals surface area contributed by atoms with Gasteiger partial charge in [0, 0.05) is 29.7 Å². The molecule has 3 rings (SSSR count). The maximum absolute atomic E-state index is 13.2. The number of carbonyl (C=O) groups excluding carboxylic acids is 1. The van der Waals surface area contributed by atoms with Crippen molar-refractivity contribution in [3.8, 4) is 5.75 Å². The molecule has 6 heteroatoms. The van der Waals surface area contributed by atoms with Gasteiger partial charge in [0.25, 0.3) is 0 Å². The van der Waals surface area contributed by atoms with Gasteiger partial charge in [-0.1, -0.05) is 29.8 Å². The Hall–Kier alpha value is -2.11. The lowest BCUT2D eigenvalue weighted by atomic mass is 9.74. The van der Waals surface area contributed by atoms with Crippen LogP contribution in [0.25, 0.3) is 0 Å². The summed E-state index contributed by atoms with van der Waals surface area (Å²) in [6, 6.07) is 15.2. The summed E-state index contributed by atoms with van der Waals surface area (Å²) in [6.07, 6.45) is 3.07. The number of rotatable bonds is 5. The number of ether oxygens (including phenoxy) is 1. The van der Waals surface area contributed by atoms with Gasteiger partial charge in [0.2, 0.25) is 0 Å². The molecule has 0 saturated heterocycles. The number of likely N-dealkylation sites (N-methyl/N-ethyl adjacent to an activating group) is 1. The highest BCUT2D eigenvalue weighted by atomic mass is 35.5. The second-order valence-electron chi connectivity index (χ2n) is 6.92. The van der Waals surface area contributed by atoms with E-state index < -0.39 is 5.54 Å². The minimum atomic E-state index is -0.841. The zero-order valence-electron chi connectivity index (χ0n) is 16.2. The van der Waals surface area contributed by atoms with Crippen molar-refractivity contribution in [1.82, 2.24) is 4.90 Å². The molecule has 2 aromatic carbocycles. The Bertz CT molecular complexity index is 856. The molecule has 1 aliphatic rings. The lowest BCUT2D eigenvalue weighted by Gasteiger charge is -2.45. The molecule has 0 radical (unpaired) electrons. The molecule has 1 aliphatic carbocycles. The van der Waals surface area contributed by atoms with E-state index >= 15 is 0 Å². The van der Waals surface area contributed by atoms with E-state index in [0.717, 1.165) is 29.8 Å². The van der Waals surface area contributed by atoms with Crippen molar-refractivity contribution >= 4 is 40.4 Å². The van der Waals surface area contributed by atoms with Crippen LogP contribution in [0.1, 0.15) is 38.2 Å². The van der Waals surface area contributed by atoms with Crippen LogP contribution in [0.3, 0.4) is 0 Å². The Balaban J connectivity index is 1.89. The van der Waals surface area contributed by atoms with Crippen molar-refractivity contribution in [2.45, 2.75) is 38.1 Å². The summed E-state index contributed by atoms with van der Waals surface area (Å²) in [5.74, 6) is 0.965. The average molecular weight is 417 g/mol. The van der Waals surface area contributed by atoms with E-state index in [2.05, 4.69) is 5.32 Å². The van der Waals surface area contributed by atoms with Crippen molar-refractivity contribution in [2.75, 3.05) is 19.0 Å². The minimum Gasteiger partial charge on any atom is -0.494 e. The van der Waals surface area contributed by atoms with Gasteiger partial charge < -0.3 is 15.0 Å². The fraction of sp³-hybridized carbons (Fsp3) is 0.364. The van der Waals surface area contributed by atoms with E-state index in [4.69, 9.17) is 28.6 Å². The minimum absolute atomic E-state index is 0.158. The molecular formula is C22H25ClN2O2S. The van der Waals surface area contributed by atoms with Gasteiger partial charge >= 0.3 is 0 Å². The largest absolute Gasteiger partial charge is 0.494 e. The molecule has 0 bridgehead atoms. The van der Waals surface area contributed by atoms with Crippen molar-refractivity contribution in [2.24, 2.45) is 0 Å². The van der Waals surface area contributed by atoms with Gasteiger partial charge in [-0.05, 0) is 68.7 Å². The summed E-state index contributed by atoms with van der Waals surface area (Å²) in [6.45, 7) is 2.57. The third-order valence-corrected chi connectivity index (χ3v) is 5.97. The number of nitrogens with one attached hydrogen (secondary N) is 1. The third-order valence-electron chi connectivity index (χ3n) is 5.27. The molecule has 0 aliphatic heterocycles. The lowest BCUT2D eigenvalue weighted by Crippen LogP contribution is -2.55. The number of halogens is 1. The van der Waals surface area contributed by atoms with Gasteiger partial charge in [-0.3, -0.25) is 4.79 Å². The fourth-order valence-corrected chi connectivity index (χ4v) is 4.38. The zero-order valence-corrected chi connectivity index (χ0v) is 17.8. The first-order valence-electron chi connectivity index (χ1n) is 9.55. The van der Waals surface area contributed by atoms with Gasteiger partial charge in [0.15, 0.2) is 10.9 Å². The predicted molar refractivity (Wildman–Crippen MR) is 118 cm³/mol. The maximum Gasteiger partial charge on any atom is 0.174 e. The van der Waals surface area contributed by atoms with Crippen LogP contribution in [0.5, 0.6) is 5.75 Å². The van der Waals surface area contributed by atoms with Crippen LogP contribution >= 0.6 is 23.8 Å². The number of hydrogen-bond acceptors (Lipinski definition) is 3. The van der Waals surface area contributed by atoms with Gasteiger partial charge in [0.05, 0.1) is 6.61 Å². The SMILES string of the molecule is CCOc1ccc(NC(=S)N(C)C2(c3ccccc3Cl)CCCCC2=O)cc1. The summed E-state index contributed by atoms with van der Waals surface area (Å²) in [5, 5.41) is 4.33. The Morgan fingerprint density at radius 3 is 2.57 bits per heavy atom. The molecular weight excluding hydrogens is 392 g/mol. The second kappa shape index (κ2) is 8.93. The molecule has 4 nitrogen and oxygen atoms in total. The summed E-state index contributed by atoms with van der Waals surface area (Å²) in [5.41, 5.74) is 0.823. The summed E-state index contributed by atoms with van der Waals surface area (Å²) >= 11 is 12.2. The molecule has 0 aromatic heterocycles. The van der Waals surface area contributed by atoms with Crippen LogP contribution in [0.2, 0.25) is 5.02 Å². The van der Waals surface area contributed by atoms with E-state index in [1.807, 2.05) is 67.4 Å². The topological polar surface area (TPSA) is 41.6 Å². The van der Waals surface area contributed by atoms with Crippen molar-refractivity contribution in [3.05, 3.63) is 59.1 Å². The van der Waals surface area contributed by atoms with E-state index in [0.29, 0.717) is 29.6 Å². The fourth-order valence-electron chi connectivity index (χ4n) is 3.81. The Kier molecular flexibility index (Phi) is 6.57. The molecule has 1 unspecified atom stereocenters. The molecule has 0 heterocycles. The standard InChI is InChI=1S/C22H25ClN2O2S/c1-3-27-17-13-11-16(12-14-17)24-21(28)25(2)22(15-7-6-10-20(22)26)18-8-4-5-9-19(18)23/h4-5,8-9,11-14H,3,6-7,10,15H2,1-2H3,(H,24,28). The monoisotopic (exact) mass is 416 g/mol. The molecule has 0 spiro atoms. The number of thiocarbonyl (C=S) groups is 1. The first-order chi connectivity index (χ1) is 13.5. The van der Waals surface area contributed by atoms with E-state index in [1.54, 1.807) is 0 Å². The van der Waals surface area contributed by atoms with Gasteiger partial charge in [-0.15, -0.1) is 0 Å². The van der Waals surface area contributed by atoms with Crippen LogP contribution in [-0.2, 0) is 10.3 Å². The zero-order chi connectivity index (χ0) is 20.1. The Labute approximate surface area is 176 Å². The Morgan fingerprint density at radius 2 is 1.93 bits per heavy atom. The number of hydrogen-bond donors (Lipinski definition) is 1. The van der Waals surface area contributed by atoms with Crippen molar-refractivity contribution in [1.29, 1.82) is 0 Å². The van der Waals surface area contributed by atoms with Crippen LogP contribution in [0.15, 0.2) is 48.5 Å². The lowest BCUT2D eigenvalue weighted by molar-refractivity contribution is -0.131. The van der Waals surface area contributed by atoms with Crippen molar-refractivity contribution < 1.29 is 9.53 Å². The highest BCUT2D eigenvalue weighted by Crippen LogP contribution is 2.42. The quantitative estimate of drug-likeness (QED) is 0.660. The molecule has 0 amide bonds. The third kappa shape index (κ3) is 4.01. The molecule has 148 valence electrons. The number of nitrogens with zero attached hydrogens (tertiary/aromatic N) is 1. The van der Waals surface area contributed by atoms with Crippen LogP contribution in [0, 0.1) is 0 Å². The normalized spacial score (nSPS) is 19.2. The number of benzene rings is 2.